The molecule has 1 atom stereocenters. The third-order valence-corrected chi connectivity index (χ3v) is 2.55. The van der Waals surface area contributed by atoms with Gasteiger partial charge in [0.2, 0.25) is 5.82 Å². The Morgan fingerprint density at radius 2 is 2.18 bits per heavy atom. The second-order valence-corrected chi connectivity index (χ2v) is 3.68. The van der Waals surface area contributed by atoms with E-state index in [1.165, 1.54) is 6.33 Å². The van der Waals surface area contributed by atoms with Crippen molar-refractivity contribution in [2.24, 2.45) is 0 Å². The molecule has 2 rings (SSSR count). The minimum atomic E-state index is -0.238. The van der Waals surface area contributed by atoms with Crippen LogP contribution in [-0.4, -0.2) is 21.1 Å². The van der Waals surface area contributed by atoms with E-state index in [1.54, 1.807) is 0 Å². The summed E-state index contributed by atoms with van der Waals surface area (Å²) in [7, 11) is 0. The molecule has 1 aromatic carbocycles. The average Bonchev–Trinajstić information content (AvgIpc) is 2.90. The summed E-state index contributed by atoms with van der Waals surface area (Å²) in [4.78, 5) is 15.6. The summed E-state index contributed by atoms with van der Waals surface area (Å²) in [5.74, 6) is -0.00224. The Hall–Kier alpha value is -2.17. The van der Waals surface area contributed by atoms with Crippen LogP contribution in [0.5, 0.6) is 0 Å². The van der Waals surface area contributed by atoms with Crippen LogP contribution < -0.4 is 5.32 Å². The Kier molecular flexibility index (Phi) is 3.49. The maximum atomic E-state index is 11.8. The van der Waals surface area contributed by atoms with Crippen molar-refractivity contribution in [1.29, 1.82) is 0 Å². The van der Waals surface area contributed by atoms with Crippen molar-refractivity contribution in [3.8, 4) is 0 Å². The van der Waals surface area contributed by atoms with Gasteiger partial charge in [-0.15, -0.1) is 0 Å². The SMILES string of the molecule is CC[C@H](NC(=O)c1ncn[nH]1)c1ccccc1. The Morgan fingerprint density at radius 3 is 2.76 bits per heavy atom. The molecular weight excluding hydrogens is 216 g/mol. The highest BCUT2D eigenvalue weighted by atomic mass is 16.2. The molecule has 88 valence electrons. The highest BCUT2D eigenvalue weighted by Crippen LogP contribution is 2.15. The fraction of sp³-hybridized carbons (Fsp3) is 0.250. The molecule has 1 aromatic heterocycles. The fourth-order valence-corrected chi connectivity index (χ4v) is 1.65. The van der Waals surface area contributed by atoms with Crippen molar-refractivity contribution < 1.29 is 4.79 Å². The summed E-state index contributed by atoms with van der Waals surface area (Å²) in [5.41, 5.74) is 1.09. The van der Waals surface area contributed by atoms with E-state index in [0.717, 1.165) is 12.0 Å². The number of aromatic nitrogens is 3. The Balaban J connectivity index is 2.09. The van der Waals surface area contributed by atoms with Crippen LogP contribution in [0.4, 0.5) is 0 Å². The molecule has 0 radical (unpaired) electrons. The first-order valence-corrected chi connectivity index (χ1v) is 5.52. The minimum absolute atomic E-state index is 0.00574. The Morgan fingerprint density at radius 1 is 1.41 bits per heavy atom. The number of rotatable bonds is 4. The van der Waals surface area contributed by atoms with Gasteiger partial charge in [-0.1, -0.05) is 37.3 Å². The monoisotopic (exact) mass is 230 g/mol. The van der Waals surface area contributed by atoms with Crippen molar-refractivity contribution in [1.82, 2.24) is 20.5 Å². The lowest BCUT2D eigenvalue weighted by Crippen LogP contribution is -2.29. The number of H-pyrrole nitrogens is 1. The van der Waals surface area contributed by atoms with Gasteiger partial charge < -0.3 is 5.32 Å². The summed E-state index contributed by atoms with van der Waals surface area (Å²) < 4.78 is 0. The van der Waals surface area contributed by atoms with Crippen molar-refractivity contribution >= 4 is 5.91 Å². The molecule has 0 unspecified atom stereocenters. The largest absolute Gasteiger partial charge is 0.343 e. The van der Waals surface area contributed by atoms with E-state index in [4.69, 9.17) is 0 Å². The number of carbonyl (C=O) groups is 1. The number of nitrogens with one attached hydrogen (secondary N) is 2. The standard InChI is InChI=1S/C12H14N4O/c1-2-10(9-6-4-3-5-7-9)15-12(17)11-13-8-14-16-11/h3-8,10H,2H2,1H3,(H,15,17)(H,13,14,16)/t10-/m0/s1. The fourth-order valence-electron chi connectivity index (χ4n) is 1.65. The molecule has 0 saturated carbocycles. The van der Waals surface area contributed by atoms with Gasteiger partial charge in [-0.25, -0.2) is 4.98 Å². The number of aromatic amines is 1. The van der Waals surface area contributed by atoms with E-state index in [9.17, 15) is 4.79 Å². The topological polar surface area (TPSA) is 70.7 Å². The molecule has 0 spiro atoms. The molecule has 2 N–H and O–H groups in total. The zero-order valence-corrected chi connectivity index (χ0v) is 9.55. The molecule has 0 saturated heterocycles. The Bertz CT molecular complexity index is 467. The molecule has 0 fully saturated rings. The number of hydrogen-bond acceptors (Lipinski definition) is 3. The molecule has 17 heavy (non-hydrogen) atoms. The van der Waals surface area contributed by atoms with Crippen LogP contribution in [0.3, 0.4) is 0 Å². The van der Waals surface area contributed by atoms with Gasteiger partial charge in [0.05, 0.1) is 6.04 Å². The van der Waals surface area contributed by atoms with Gasteiger partial charge in [0.25, 0.3) is 5.91 Å². The highest BCUT2D eigenvalue weighted by molar-refractivity contribution is 5.90. The van der Waals surface area contributed by atoms with Crippen molar-refractivity contribution in [2.75, 3.05) is 0 Å². The number of amides is 1. The molecule has 2 aromatic rings. The molecule has 0 bridgehead atoms. The highest BCUT2D eigenvalue weighted by Gasteiger charge is 2.15. The van der Waals surface area contributed by atoms with Crippen LogP contribution in [0, 0.1) is 0 Å². The first-order chi connectivity index (χ1) is 8.31. The number of carbonyl (C=O) groups excluding carboxylic acids is 1. The van der Waals surface area contributed by atoms with Crippen LogP contribution in [0.2, 0.25) is 0 Å². The third-order valence-electron chi connectivity index (χ3n) is 2.55. The smallest absolute Gasteiger partial charge is 0.289 e. The summed E-state index contributed by atoms with van der Waals surface area (Å²) in [6, 6.07) is 9.85. The zero-order chi connectivity index (χ0) is 12.1. The predicted octanol–water partition coefficient (Wildman–Crippen LogP) is 1.69. The summed E-state index contributed by atoms with van der Waals surface area (Å²) in [6.45, 7) is 2.03. The second kappa shape index (κ2) is 5.25. The lowest BCUT2D eigenvalue weighted by Gasteiger charge is -2.16. The van der Waals surface area contributed by atoms with Crippen LogP contribution in [-0.2, 0) is 0 Å². The summed E-state index contributed by atoms with van der Waals surface area (Å²) in [5, 5.41) is 9.11. The van der Waals surface area contributed by atoms with E-state index in [-0.39, 0.29) is 17.8 Å². The van der Waals surface area contributed by atoms with Crippen LogP contribution >= 0.6 is 0 Å². The first kappa shape index (κ1) is 11.3. The second-order valence-electron chi connectivity index (χ2n) is 3.68. The van der Waals surface area contributed by atoms with Gasteiger partial charge in [-0.2, -0.15) is 5.10 Å². The third kappa shape index (κ3) is 2.69. The van der Waals surface area contributed by atoms with Gasteiger partial charge in [-0.3, -0.25) is 9.89 Å². The normalized spacial score (nSPS) is 12.1. The maximum absolute atomic E-state index is 11.8. The van der Waals surface area contributed by atoms with Gasteiger partial charge in [0.15, 0.2) is 0 Å². The average molecular weight is 230 g/mol. The number of hydrogen-bond donors (Lipinski definition) is 2. The van der Waals surface area contributed by atoms with Gasteiger partial charge in [0.1, 0.15) is 6.33 Å². The molecule has 5 heteroatoms. The number of benzene rings is 1. The van der Waals surface area contributed by atoms with Crippen LogP contribution in [0.1, 0.15) is 35.6 Å². The van der Waals surface area contributed by atoms with Crippen LogP contribution in [0.15, 0.2) is 36.7 Å². The lowest BCUT2D eigenvalue weighted by atomic mass is 10.0. The van der Waals surface area contributed by atoms with Crippen molar-refractivity contribution in [3.63, 3.8) is 0 Å². The van der Waals surface area contributed by atoms with Gasteiger partial charge >= 0.3 is 0 Å². The van der Waals surface area contributed by atoms with Crippen LogP contribution in [0.25, 0.3) is 0 Å². The summed E-state index contributed by atoms with van der Waals surface area (Å²) >= 11 is 0. The van der Waals surface area contributed by atoms with E-state index in [0.29, 0.717) is 0 Å². The molecule has 1 heterocycles. The molecule has 1 amide bonds. The zero-order valence-electron chi connectivity index (χ0n) is 9.55. The maximum Gasteiger partial charge on any atom is 0.289 e. The van der Waals surface area contributed by atoms with E-state index in [2.05, 4.69) is 20.5 Å². The minimum Gasteiger partial charge on any atom is -0.343 e. The quantitative estimate of drug-likeness (QED) is 0.839. The molecule has 0 aliphatic heterocycles. The van der Waals surface area contributed by atoms with Crippen molar-refractivity contribution in [2.45, 2.75) is 19.4 Å². The first-order valence-electron chi connectivity index (χ1n) is 5.52. The molecule has 5 nitrogen and oxygen atoms in total. The van der Waals surface area contributed by atoms with E-state index >= 15 is 0 Å². The van der Waals surface area contributed by atoms with E-state index in [1.807, 2.05) is 37.3 Å². The number of nitrogens with zero attached hydrogens (tertiary/aromatic N) is 2. The van der Waals surface area contributed by atoms with Gasteiger partial charge in [-0.05, 0) is 12.0 Å². The predicted molar refractivity (Wildman–Crippen MR) is 63.3 cm³/mol. The molecular formula is C12H14N4O. The van der Waals surface area contributed by atoms with Gasteiger partial charge in [0, 0.05) is 0 Å². The van der Waals surface area contributed by atoms with Crippen molar-refractivity contribution in [3.05, 3.63) is 48.0 Å². The summed E-state index contributed by atoms with van der Waals surface area (Å²) in [6.07, 6.45) is 2.14. The lowest BCUT2D eigenvalue weighted by molar-refractivity contribution is 0.0925. The molecule has 0 aliphatic carbocycles. The Labute approximate surface area is 99.3 Å². The molecule has 0 aliphatic rings. The van der Waals surface area contributed by atoms with E-state index < -0.39 is 0 Å².